The number of pyridine rings is 1. The lowest BCUT2D eigenvalue weighted by atomic mass is 10.0. The van der Waals surface area contributed by atoms with Gasteiger partial charge in [-0.3, -0.25) is 4.79 Å². The highest BCUT2D eigenvalue weighted by atomic mass is 16.5. The number of carbonyl (C=O) groups excluding carboxylic acids is 1. The summed E-state index contributed by atoms with van der Waals surface area (Å²) in [5.41, 5.74) is 3.25. The Bertz CT molecular complexity index is 1400. The number of aryl methyl sites for hydroxylation is 1. The van der Waals surface area contributed by atoms with Crippen molar-refractivity contribution in [2.45, 2.75) is 45.6 Å². The number of fused-ring (bicyclic) bond motifs is 1. The van der Waals surface area contributed by atoms with E-state index in [-0.39, 0.29) is 5.91 Å². The minimum absolute atomic E-state index is 0.00207. The molecule has 8 heteroatoms. The van der Waals surface area contributed by atoms with E-state index >= 15 is 0 Å². The van der Waals surface area contributed by atoms with Gasteiger partial charge in [-0.2, -0.15) is 0 Å². The smallest absolute Gasteiger partial charge is 0.228 e. The van der Waals surface area contributed by atoms with Gasteiger partial charge >= 0.3 is 0 Å². The van der Waals surface area contributed by atoms with Crippen molar-refractivity contribution in [1.82, 2.24) is 20.3 Å². The average molecular weight is 497 g/mol. The average Bonchev–Trinajstić information content (AvgIpc) is 2.91. The molecule has 37 heavy (non-hydrogen) atoms. The molecule has 2 aromatic carbocycles. The number of anilines is 2. The standard InChI is InChI=1S/C29H32N6O2/c1-3-7-26(36)34-24-11-4-9-22-21(24)13-12-19(2)27(22)37-28-23(10-6-16-31-28)25-14-17-32-29(35-25)33-20-8-5-15-30-18-20/h4,6,9-14,16-17,20,30H,3,5,7-8,15,18H2,1-2H3,(H,34,36)(H,32,33,35). The van der Waals surface area contributed by atoms with Gasteiger partial charge in [0.1, 0.15) is 5.75 Å². The molecule has 1 unspecified atom stereocenters. The summed E-state index contributed by atoms with van der Waals surface area (Å²) in [5, 5.41) is 11.7. The highest BCUT2D eigenvalue weighted by Crippen LogP contribution is 2.38. The van der Waals surface area contributed by atoms with Gasteiger partial charge in [0, 0.05) is 47.9 Å². The number of benzene rings is 2. The van der Waals surface area contributed by atoms with Crippen LogP contribution in [0.5, 0.6) is 11.6 Å². The fraction of sp³-hybridized carbons (Fsp3) is 0.310. The number of nitrogens with one attached hydrogen (secondary N) is 3. The monoisotopic (exact) mass is 496 g/mol. The SMILES string of the molecule is CCCC(=O)Nc1cccc2c(Oc3ncccc3-c3ccnc(NC4CCCNC4)n3)c(C)ccc12. The van der Waals surface area contributed by atoms with Crippen LogP contribution in [0.25, 0.3) is 22.0 Å². The van der Waals surface area contributed by atoms with Gasteiger partial charge in [0.25, 0.3) is 0 Å². The first-order valence-electron chi connectivity index (χ1n) is 12.9. The maximum Gasteiger partial charge on any atom is 0.228 e. The molecule has 3 heterocycles. The number of hydrogen-bond acceptors (Lipinski definition) is 7. The predicted octanol–water partition coefficient (Wildman–Crippen LogP) is 5.70. The molecule has 1 aliphatic rings. The van der Waals surface area contributed by atoms with E-state index in [0.717, 1.165) is 65.6 Å². The van der Waals surface area contributed by atoms with Crippen LogP contribution in [0.2, 0.25) is 0 Å². The fourth-order valence-electron chi connectivity index (χ4n) is 4.62. The molecular formula is C29H32N6O2. The molecule has 0 saturated carbocycles. The zero-order valence-electron chi connectivity index (χ0n) is 21.3. The molecule has 3 N–H and O–H groups in total. The Kier molecular flexibility index (Phi) is 7.56. The molecule has 0 bridgehead atoms. The highest BCUT2D eigenvalue weighted by molar-refractivity contribution is 6.04. The Balaban J connectivity index is 1.47. The fourth-order valence-corrected chi connectivity index (χ4v) is 4.62. The van der Waals surface area contributed by atoms with E-state index in [1.807, 2.05) is 62.4 Å². The second-order valence-corrected chi connectivity index (χ2v) is 9.32. The first-order valence-corrected chi connectivity index (χ1v) is 12.9. The quantitative estimate of drug-likeness (QED) is 0.288. The maximum absolute atomic E-state index is 12.3. The van der Waals surface area contributed by atoms with E-state index in [4.69, 9.17) is 9.72 Å². The third-order valence-corrected chi connectivity index (χ3v) is 6.49. The molecule has 1 saturated heterocycles. The van der Waals surface area contributed by atoms with Crippen molar-refractivity contribution in [2.24, 2.45) is 0 Å². The number of piperidine rings is 1. The minimum Gasteiger partial charge on any atom is -0.437 e. The molecule has 0 aliphatic carbocycles. The lowest BCUT2D eigenvalue weighted by Gasteiger charge is -2.23. The van der Waals surface area contributed by atoms with Crippen LogP contribution in [0.3, 0.4) is 0 Å². The van der Waals surface area contributed by atoms with Crippen LogP contribution in [-0.2, 0) is 4.79 Å². The Morgan fingerprint density at radius 2 is 2.00 bits per heavy atom. The molecule has 8 nitrogen and oxygen atoms in total. The van der Waals surface area contributed by atoms with Crippen molar-refractivity contribution in [2.75, 3.05) is 23.7 Å². The van der Waals surface area contributed by atoms with E-state index < -0.39 is 0 Å². The summed E-state index contributed by atoms with van der Waals surface area (Å²) in [4.78, 5) is 26.0. The second kappa shape index (κ2) is 11.3. The van der Waals surface area contributed by atoms with Gasteiger partial charge < -0.3 is 20.7 Å². The Morgan fingerprint density at radius 3 is 2.84 bits per heavy atom. The van der Waals surface area contributed by atoms with Crippen molar-refractivity contribution in [1.29, 1.82) is 0 Å². The molecule has 1 amide bonds. The van der Waals surface area contributed by atoms with Gasteiger partial charge in [0.05, 0.1) is 11.3 Å². The molecule has 190 valence electrons. The molecule has 5 rings (SSSR count). The van der Waals surface area contributed by atoms with E-state index in [1.54, 1.807) is 12.4 Å². The van der Waals surface area contributed by atoms with E-state index in [0.29, 0.717) is 30.0 Å². The third kappa shape index (κ3) is 5.70. The molecule has 0 radical (unpaired) electrons. The van der Waals surface area contributed by atoms with E-state index in [9.17, 15) is 4.79 Å². The van der Waals surface area contributed by atoms with Crippen molar-refractivity contribution >= 4 is 28.3 Å². The number of hydrogen-bond donors (Lipinski definition) is 3. The second-order valence-electron chi connectivity index (χ2n) is 9.32. The van der Waals surface area contributed by atoms with Crippen molar-refractivity contribution in [3.8, 4) is 22.9 Å². The van der Waals surface area contributed by atoms with Gasteiger partial charge in [0.15, 0.2) is 0 Å². The summed E-state index contributed by atoms with van der Waals surface area (Å²) in [6.07, 6.45) is 6.96. The van der Waals surface area contributed by atoms with Crippen LogP contribution >= 0.6 is 0 Å². The van der Waals surface area contributed by atoms with Crippen LogP contribution in [0.4, 0.5) is 11.6 Å². The Hall–Kier alpha value is -4.04. The molecule has 1 aliphatic heterocycles. The summed E-state index contributed by atoms with van der Waals surface area (Å²) in [6, 6.07) is 15.9. The highest BCUT2D eigenvalue weighted by Gasteiger charge is 2.17. The van der Waals surface area contributed by atoms with E-state index in [1.165, 1.54) is 0 Å². The molecular weight excluding hydrogens is 464 g/mol. The molecule has 1 atom stereocenters. The van der Waals surface area contributed by atoms with Gasteiger partial charge in [-0.05, 0) is 62.6 Å². The van der Waals surface area contributed by atoms with Gasteiger partial charge in [-0.15, -0.1) is 0 Å². The first kappa shape index (κ1) is 24.6. The number of aromatic nitrogens is 3. The predicted molar refractivity (Wildman–Crippen MR) is 147 cm³/mol. The summed E-state index contributed by atoms with van der Waals surface area (Å²) in [7, 11) is 0. The summed E-state index contributed by atoms with van der Waals surface area (Å²) in [6.45, 7) is 5.95. The van der Waals surface area contributed by atoms with Gasteiger partial charge in [-0.25, -0.2) is 15.0 Å². The zero-order valence-corrected chi connectivity index (χ0v) is 21.3. The number of amides is 1. The van der Waals surface area contributed by atoms with Crippen molar-refractivity contribution < 1.29 is 9.53 Å². The lowest BCUT2D eigenvalue weighted by Crippen LogP contribution is -2.38. The minimum atomic E-state index is 0.00207. The maximum atomic E-state index is 12.3. The number of carbonyl (C=O) groups is 1. The third-order valence-electron chi connectivity index (χ3n) is 6.49. The van der Waals surface area contributed by atoms with Gasteiger partial charge in [0.2, 0.25) is 17.7 Å². The van der Waals surface area contributed by atoms with Crippen LogP contribution in [-0.4, -0.2) is 40.0 Å². The number of nitrogens with zero attached hydrogens (tertiary/aromatic N) is 3. The van der Waals surface area contributed by atoms with Crippen LogP contribution in [0, 0.1) is 6.92 Å². The summed E-state index contributed by atoms with van der Waals surface area (Å²) < 4.78 is 6.49. The van der Waals surface area contributed by atoms with Crippen LogP contribution < -0.4 is 20.7 Å². The molecule has 0 spiro atoms. The normalized spacial score (nSPS) is 15.4. The number of rotatable bonds is 8. The summed E-state index contributed by atoms with van der Waals surface area (Å²) in [5.74, 6) is 1.75. The summed E-state index contributed by atoms with van der Waals surface area (Å²) >= 11 is 0. The van der Waals surface area contributed by atoms with Crippen LogP contribution in [0.1, 0.15) is 38.2 Å². The Morgan fingerprint density at radius 1 is 1.08 bits per heavy atom. The lowest BCUT2D eigenvalue weighted by molar-refractivity contribution is -0.116. The largest absolute Gasteiger partial charge is 0.437 e. The van der Waals surface area contributed by atoms with Crippen molar-refractivity contribution in [3.05, 3.63) is 66.5 Å². The number of ether oxygens (including phenoxy) is 1. The Labute approximate surface area is 216 Å². The molecule has 2 aromatic heterocycles. The molecule has 1 fully saturated rings. The van der Waals surface area contributed by atoms with E-state index in [2.05, 4.69) is 25.9 Å². The topological polar surface area (TPSA) is 101 Å². The van der Waals surface area contributed by atoms with Gasteiger partial charge in [-0.1, -0.05) is 31.2 Å². The zero-order chi connectivity index (χ0) is 25.6. The molecule has 4 aromatic rings. The first-order chi connectivity index (χ1) is 18.1. The van der Waals surface area contributed by atoms with Crippen LogP contribution in [0.15, 0.2) is 60.9 Å². The van der Waals surface area contributed by atoms with Crippen molar-refractivity contribution in [3.63, 3.8) is 0 Å².